The van der Waals surface area contributed by atoms with Crippen molar-refractivity contribution < 1.29 is 37.0 Å². The lowest BCUT2D eigenvalue weighted by atomic mass is 10.0. The Hall–Kier alpha value is -3.07. The fourth-order valence-electron chi connectivity index (χ4n) is 2.67. The van der Waals surface area contributed by atoms with E-state index in [2.05, 4.69) is 14.6 Å². The van der Waals surface area contributed by atoms with Gasteiger partial charge in [0, 0.05) is 5.92 Å². The lowest BCUT2D eigenvalue weighted by Gasteiger charge is -2.17. The van der Waals surface area contributed by atoms with E-state index in [0.29, 0.717) is 19.6 Å². The number of methoxy groups -OCH3 is 1. The maximum atomic E-state index is 12.3. The molecule has 1 atom stereocenters. The monoisotopic (exact) mass is 439 g/mol. The number of benzene rings is 2. The Labute approximate surface area is 178 Å². The van der Waals surface area contributed by atoms with Crippen LogP contribution in [-0.4, -0.2) is 38.4 Å². The van der Waals surface area contributed by atoms with Gasteiger partial charge in [0.15, 0.2) is 5.71 Å². The zero-order valence-corrected chi connectivity index (χ0v) is 17.2. The van der Waals surface area contributed by atoms with Gasteiger partial charge in [0.2, 0.25) is 0 Å². The minimum atomic E-state index is -4.74. The van der Waals surface area contributed by atoms with Gasteiger partial charge in [0.25, 0.3) is 0 Å². The van der Waals surface area contributed by atoms with Crippen molar-refractivity contribution in [3.8, 4) is 5.75 Å². The molecule has 0 saturated heterocycles. The normalized spacial score (nSPS) is 12.9. The summed E-state index contributed by atoms with van der Waals surface area (Å²) < 4.78 is 51.2. The average Bonchev–Trinajstić information content (AvgIpc) is 2.74. The number of carbonyl (C=O) groups excluding carboxylic acids is 1. The highest BCUT2D eigenvalue weighted by molar-refractivity contribution is 6.35. The highest BCUT2D eigenvalue weighted by Crippen LogP contribution is 2.23. The highest BCUT2D eigenvalue weighted by atomic mass is 19.4. The van der Waals surface area contributed by atoms with Crippen LogP contribution in [0.25, 0.3) is 0 Å². The zero-order valence-electron chi connectivity index (χ0n) is 17.2. The van der Waals surface area contributed by atoms with E-state index in [1.54, 1.807) is 12.1 Å². The summed E-state index contributed by atoms with van der Waals surface area (Å²) in [6, 6.07) is 15.2. The van der Waals surface area contributed by atoms with Gasteiger partial charge >= 0.3 is 12.3 Å². The molecule has 168 valence electrons. The Balaban J connectivity index is 1.97. The van der Waals surface area contributed by atoms with E-state index in [4.69, 9.17) is 9.57 Å². The molecule has 0 aliphatic rings. The summed E-state index contributed by atoms with van der Waals surface area (Å²) in [6.45, 7) is 2.33. The second-order valence-corrected chi connectivity index (χ2v) is 6.73. The summed E-state index contributed by atoms with van der Waals surface area (Å²) in [4.78, 5) is 16.7. The lowest BCUT2D eigenvalue weighted by Crippen LogP contribution is -2.19. The molecule has 0 aromatic heterocycles. The molecule has 0 saturated carbocycles. The standard InChI is InChI=1S/C22H24F3NO5/c1-16(21(27)28-2)26-30-15-19(14-29-13-18-6-4-3-5-7-18)12-17-8-10-20(11-9-17)31-22(23,24)25/h3-11,19H,12-15H2,1-2H3/b26-16+. The van der Waals surface area contributed by atoms with Crippen molar-refractivity contribution in [3.05, 3.63) is 65.7 Å². The lowest BCUT2D eigenvalue weighted by molar-refractivity contribution is -0.274. The van der Waals surface area contributed by atoms with Crippen LogP contribution in [0.3, 0.4) is 0 Å². The van der Waals surface area contributed by atoms with Gasteiger partial charge in [-0.05, 0) is 36.6 Å². The minimum absolute atomic E-state index is 0.0695. The molecule has 0 aliphatic heterocycles. The molecule has 0 bridgehead atoms. The van der Waals surface area contributed by atoms with Gasteiger partial charge in [-0.1, -0.05) is 47.6 Å². The van der Waals surface area contributed by atoms with Crippen LogP contribution >= 0.6 is 0 Å². The van der Waals surface area contributed by atoms with Crippen molar-refractivity contribution in [2.45, 2.75) is 26.3 Å². The molecule has 6 nitrogen and oxygen atoms in total. The first kappa shape index (κ1) is 24.2. The second-order valence-electron chi connectivity index (χ2n) is 6.73. The summed E-state index contributed by atoms with van der Waals surface area (Å²) in [5.74, 6) is -1.05. The molecule has 0 N–H and O–H groups in total. The van der Waals surface area contributed by atoms with Gasteiger partial charge in [-0.3, -0.25) is 0 Å². The highest BCUT2D eigenvalue weighted by Gasteiger charge is 2.31. The van der Waals surface area contributed by atoms with Crippen LogP contribution in [0.2, 0.25) is 0 Å². The third-order valence-electron chi connectivity index (χ3n) is 4.14. The van der Waals surface area contributed by atoms with E-state index >= 15 is 0 Å². The topological polar surface area (TPSA) is 66.4 Å². The number of esters is 1. The van der Waals surface area contributed by atoms with Crippen LogP contribution in [0, 0.1) is 5.92 Å². The molecular formula is C22H24F3NO5. The van der Waals surface area contributed by atoms with Crippen LogP contribution < -0.4 is 4.74 Å². The van der Waals surface area contributed by atoms with Crippen LogP contribution in [0.1, 0.15) is 18.1 Å². The SMILES string of the molecule is COC(=O)/C(C)=N/OCC(COCc1ccccc1)Cc1ccc(OC(F)(F)F)cc1. The van der Waals surface area contributed by atoms with Crippen molar-refractivity contribution in [2.75, 3.05) is 20.3 Å². The predicted octanol–water partition coefficient (Wildman–Crippen LogP) is 4.53. The quantitative estimate of drug-likeness (QED) is 0.293. The molecule has 9 heteroatoms. The maximum absolute atomic E-state index is 12.3. The van der Waals surface area contributed by atoms with E-state index < -0.39 is 12.3 Å². The van der Waals surface area contributed by atoms with Gasteiger partial charge in [-0.25, -0.2) is 4.79 Å². The van der Waals surface area contributed by atoms with E-state index in [1.165, 1.54) is 26.2 Å². The molecule has 2 aromatic rings. The number of nitrogens with zero attached hydrogens (tertiary/aromatic N) is 1. The Bertz CT molecular complexity index is 838. The summed E-state index contributed by atoms with van der Waals surface area (Å²) in [5.41, 5.74) is 1.86. The van der Waals surface area contributed by atoms with Crippen LogP contribution in [-0.2, 0) is 32.1 Å². The summed E-state index contributed by atoms with van der Waals surface area (Å²) >= 11 is 0. The number of oxime groups is 1. The molecule has 0 radical (unpaired) electrons. The van der Waals surface area contributed by atoms with E-state index in [9.17, 15) is 18.0 Å². The molecule has 0 fully saturated rings. The fraction of sp³-hybridized carbons (Fsp3) is 0.364. The molecule has 31 heavy (non-hydrogen) atoms. The third kappa shape index (κ3) is 9.52. The first-order chi connectivity index (χ1) is 14.8. The van der Waals surface area contributed by atoms with Gasteiger partial charge in [0.05, 0.1) is 20.3 Å². The molecule has 0 spiro atoms. The number of alkyl halides is 3. The second kappa shape index (κ2) is 11.9. The van der Waals surface area contributed by atoms with Gasteiger partial charge in [-0.2, -0.15) is 0 Å². The van der Waals surface area contributed by atoms with Crippen molar-refractivity contribution >= 4 is 11.7 Å². The molecular weight excluding hydrogens is 415 g/mol. The van der Waals surface area contributed by atoms with E-state index in [0.717, 1.165) is 11.1 Å². The molecule has 2 aromatic carbocycles. The fourth-order valence-corrected chi connectivity index (χ4v) is 2.67. The van der Waals surface area contributed by atoms with Crippen LogP contribution in [0.5, 0.6) is 5.75 Å². The molecule has 1 unspecified atom stereocenters. The van der Waals surface area contributed by atoms with Crippen LogP contribution in [0.15, 0.2) is 59.8 Å². The number of ether oxygens (including phenoxy) is 3. The number of hydrogen-bond donors (Lipinski definition) is 0. The summed E-state index contributed by atoms with van der Waals surface area (Å²) in [6.07, 6.45) is -4.27. The predicted molar refractivity (Wildman–Crippen MR) is 107 cm³/mol. The molecule has 0 amide bonds. The summed E-state index contributed by atoms with van der Waals surface area (Å²) in [7, 11) is 1.24. The van der Waals surface area contributed by atoms with E-state index in [1.807, 2.05) is 30.3 Å². The molecule has 0 aliphatic carbocycles. The third-order valence-corrected chi connectivity index (χ3v) is 4.14. The number of rotatable bonds is 11. The Morgan fingerprint density at radius 1 is 1.00 bits per heavy atom. The van der Waals surface area contributed by atoms with Crippen molar-refractivity contribution in [1.29, 1.82) is 0 Å². The van der Waals surface area contributed by atoms with Gasteiger partial charge in [0.1, 0.15) is 12.4 Å². The zero-order chi connectivity index (χ0) is 22.7. The first-order valence-electron chi connectivity index (χ1n) is 9.48. The number of carbonyl (C=O) groups is 1. The number of halogens is 3. The van der Waals surface area contributed by atoms with Crippen molar-refractivity contribution in [2.24, 2.45) is 11.1 Å². The van der Waals surface area contributed by atoms with Gasteiger partial charge in [-0.15, -0.1) is 13.2 Å². The van der Waals surface area contributed by atoms with Crippen molar-refractivity contribution in [3.63, 3.8) is 0 Å². The Morgan fingerprint density at radius 2 is 1.68 bits per heavy atom. The Morgan fingerprint density at radius 3 is 2.29 bits per heavy atom. The van der Waals surface area contributed by atoms with Crippen molar-refractivity contribution in [1.82, 2.24) is 0 Å². The smallest absolute Gasteiger partial charge is 0.464 e. The molecule has 2 rings (SSSR count). The van der Waals surface area contributed by atoms with Gasteiger partial charge < -0.3 is 19.0 Å². The largest absolute Gasteiger partial charge is 0.573 e. The minimum Gasteiger partial charge on any atom is -0.464 e. The van der Waals surface area contributed by atoms with Crippen LogP contribution in [0.4, 0.5) is 13.2 Å². The summed E-state index contributed by atoms with van der Waals surface area (Å²) in [5, 5.41) is 3.74. The number of hydrogen-bond acceptors (Lipinski definition) is 6. The average molecular weight is 439 g/mol. The van der Waals surface area contributed by atoms with E-state index in [-0.39, 0.29) is 24.0 Å². The molecule has 0 heterocycles. The Kier molecular flexibility index (Phi) is 9.33. The first-order valence-corrected chi connectivity index (χ1v) is 9.48. The maximum Gasteiger partial charge on any atom is 0.573 e.